The molecular formula is C19H21ClO9. The molecule has 0 spiro atoms. The first-order valence-corrected chi connectivity index (χ1v) is 9.16. The molecular weight excluding hydrogens is 408 g/mol. The molecule has 0 bridgehead atoms. The molecule has 1 aromatic rings. The molecule has 0 aromatic heterocycles. The van der Waals surface area contributed by atoms with Gasteiger partial charge in [0.15, 0.2) is 23.9 Å². The van der Waals surface area contributed by atoms with E-state index in [1.165, 1.54) is 19.1 Å². The van der Waals surface area contributed by atoms with E-state index in [9.17, 15) is 19.2 Å². The zero-order valence-corrected chi connectivity index (χ0v) is 16.8. The predicted molar refractivity (Wildman–Crippen MR) is 97.9 cm³/mol. The van der Waals surface area contributed by atoms with Crippen molar-refractivity contribution >= 4 is 35.5 Å². The smallest absolute Gasteiger partial charge is 0.338 e. The summed E-state index contributed by atoms with van der Waals surface area (Å²) in [7, 11) is 0. The first kappa shape index (κ1) is 22.6. The summed E-state index contributed by atoms with van der Waals surface area (Å²) < 4.78 is 26.4. The summed E-state index contributed by atoms with van der Waals surface area (Å²) in [5, 5.41) is 0. The van der Waals surface area contributed by atoms with Crippen LogP contribution in [0, 0.1) is 0 Å². The Morgan fingerprint density at radius 3 is 2.00 bits per heavy atom. The minimum absolute atomic E-state index is 0.240. The fraction of sp³-hybridized carbons (Fsp3) is 0.474. The highest BCUT2D eigenvalue weighted by Crippen LogP contribution is 2.31. The number of carbonyl (C=O) groups excluding carboxylic acids is 4. The largest absolute Gasteiger partial charge is 0.463 e. The maximum atomic E-state index is 12.5. The predicted octanol–water partition coefficient (Wildman–Crippen LogP) is 1.60. The first-order chi connectivity index (χ1) is 13.7. The number of carbonyl (C=O) groups is 4. The second-order valence-electron chi connectivity index (χ2n) is 6.21. The standard InChI is InChI=1S/C19H21ClO9/c1-10(21)25-9-14-15(26-11(2)22)16(27-12(3)23)17(18(20)28-14)29-19(24)13-7-5-4-6-8-13/h4-8,14-18H,9H2,1-3H3/t14-,15-,16+,17+,18+/m1/s1. The molecule has 10 heteroatoms. The lowest BCUT2D eigenvalue weighted by atomic mass is 9.99. The fourth-order valence-electron chi connectivity index (χ4n) is 2.75. The number of alkyl halides is 1. The highest BCUT2D eigenvalue weighted by Gasteiger charge is 2.51. The van der Waals surface area contributed by atoms with Gasteiger partial charge in [0.25, 0.3) is 0 Å². The minimum Gasteiger partial charge on any atom is -0.463 e. The van der Waals surface area contributed by atoms with E-state index in [1.807, 2.05) is 0 Å². The van der Waals surface area contributed by atoms with Gasteiger partial charge in [0.2, 0.25) is 0 Å². The van der Waals surface area contributed by atoms with E-state index in [0.717, 1.165) is 13.8 Å². The van der Waals surface area contributed by atoms with Crippen molar-refractivity contribution in [2.45, 2.75) is 50.8 Å². The average molecular weight is 429 g/mol. The number of benzene rings is 1. The normalized spacial score (nSPS) is 26.1. The maximum Gasteiger partial charge on any atom is 0.338 e. The van der Waals surface area contributed by atoms with Crippen LogP contribution < -0.4 is 0 Å². The molecule has 158 valence electrons. The Morgan fingerprint density at radius 2 is 1.45 bits per heavy atom. The van der Waals surface area contributed by atoms with Gasteiger partial charge in [-0.2, -0.15) is 0 Å². The van der Waals surface area contributed by atoms with Crippen LogP contribution in [0.1, 0.15) is 31.1 Å². The van der Waals surface area contributed by atoms with Crippen LogP contribution in [-0.2, 0) is 38.1 Å². The Bertz CT molecular complexity index is 751. The summed E-state index contributed by atoms with van der Waals surface area (Å²) in [6.07, 6.45) is -4.83. The number of rotatable bonds is 6. The Kier molecular flexibility index (Phi) is 7.98. The van der Waals surface area contributed by atoms with Crippen molar-refractivity contribution in [3.8, 4) is 0 Å². The SMILES string of the molecule is CC(=O)OC[C@H]1O[C@H](Cl)[C@@H](OC(=O)c2ccccc2)[C@@H](OC(C)=O)[C@@H]1OC(C)=O. The molecule has 29 heavy (non-hydrogen) atoms. The van der Waals surface area contributed by atoms with E-state index in [-0.39, 0.29) is 12.2 Å². The number of hydrogen-bond donors (Lipinski definition) is 0. The molecule has 0 saturated carbocycles. The van der Waals surface area contributed by atoms with Gasteiger partial charge < -0.3 is 23.7 Å². The molecule has 0 N–H and O–H groups in total. The van der Waals surface area contributed by atoms with Gasteiger partial charge in [-0.15, -0.1) is 0 Å². The summed E-state index contributed by atoms with van der Waals surface area (Å²) in [5.41, 5.74) is -1.02. The molecule has 1 saturated heterocycles. The lowest BCUT2D eigenvalue weighted by molar-refractivity contribution is -0.232. The van der Waals surface area contributed by atoms with Crippen LogP contribution in [-0.4, -0.2) is 60.5 Å². The van der Waals surface area contributed by atoms with Crippen molar-refractivity contribution in [3.05, 3.63) is 35.9 Å². The summed E-state index contributed by atoms with van der Waals surface area (Å²) in [6, 6.07) is 8.08. The van der Waals surface area contributed by atoms with E-state index in [1.54, 1.807) is 18.2 Å². The minimum atomic E-state index is -1.29. The molecule has 1 aliphatic heterocycles. The van der Waals surface area contributed by atoms with Gasteiger partial charge in [-0.25, -0.2) is 4.79 Å². The molecule has 1 fully saturated rings. The topological polar surface area (TPSA) is 114 Å². The summed E-state index contributed by atoms with van der Waals surface area (Å²) in [6.45, 7) is 3.16. The highest BCUT2D eigenvalue weighted by molar-refractivity contribution is 6.20. The van der Waals surface area contributed by atoms with Gasteiger partial charge in [-0.05, 0) is 12.1 Å². The van der Waals surface area contributed by atoms with Crippen LogP contribution >= 0.6 is 11.6 Å². The lowest BCUT2D eigenvalue weighted by Gasteiger charge is -2.42. The van der Waals surface area contributed by atoms with E-state index in [0.29, 0.717) is 0 Å². The average Bonchev–Trinajstić information content (AvgIpc) is 2.65. The number of esters is 4. The van der Waals surface area contributed by atoms with Crippen molar-refractivity contribution < 1.29 is 42.9 Å². The van der Waals surface area contributed by atoms with Crippen LogP contribution in [0.15, 0.2) is 30.3 Å². The molecule has 0 unspecified atom stereocenters. The Labute approximate surface area is 172 Å². The van der Waals surface area contributed by atoms with Gasteiger partial charge in [-0.3, -0.25) is 14.4 Å². The Balaban J connectivity index is 2.30. The fourth-order valence-corrected chi connectivity index (χ4v) is 3.08. The Hall–Kier alpha value is -2.65. The molecule has 1 heterocycles. The molecule has 0 amide bonds. The van der Waals surface area contributed by atoms with Gasteiger partial charge in [-0.1, -0.05) is 29.8 Å². The van der Waals surface area contributed by atoms with Crippen molar-refractivity contribution in [1.82, 2.24) is 0 Å². The first-order valence-electron chi connectivity index (χ1n) is 8.72. The van der Waals surface area contributed by atoms with Crippen molar-refractivity contribution in [2.24, 2.45) is 0 Å². The van der Waals surface area contributed by atoms with E-state index in [2.05, 4.69) is 0 Å². The number of halogens is 1. The molecule has 5 atom stereocenters. The zero-order chi connectivity index (χ0) is 21.6. The highest BCUT2D eigenvalue weighted by atomic mass is 35.5. The van der Waals surface area contributed by atoms with Crippen molar-refractivity contribution in [2.75, 3.05) is 6.61 Å². The lowest BCUT2D eigenvalue weighted by Crippen LogP contribution is -2.61. The second-order valence-corrected chi connectivity index (χ2v) is 6.64. The van der Waals surface area contributed by atoms with E-state index in [4.69, 9.17) is 35.3 Å². The van der Waals surface area contributed by atoms with Gasteiger partial charge >= 0.3 is 23.9 Å². The summed E-state index contributed by atoms with van der Waals surface area (Å²) in [5.74, 6) is -2.75. The van der Waals surface area contributed by atoms with Crippen LogP contribution in [0.25, 0.3) is 0 Å². The molecule has 1 aromatic carbocycles. The van der Waals surface area contributed by atoms with Crippen molar-refractivity contribution in [1.29, 1.82) is 0 Å². The van der Waals surface area contributed by atoms with Crippen molar-refractivity contribution in [3.63, 3.8) is 0 Å². The molecule has 2 rings (SSSR count). The van der Waals surface area contributed by atoms with Gasteiger partial charge in [0.05, 0.1) is 5.56 Å². The molecule has 9 nitrogen and oxygen atoms in total. The molecule has 0 aliphatic carbocycles. The zero-order valence-electron chi connectivity index (χ0n) is 16.0. The van der Waals surface area contributed by atoms with E-state index < -0.39 is 53.9 Å². The number of hydrogen-bond acceptors (Lipinski definition) is 9. The maximum absolute atomic E-state index is 12.5. The van der Waals surface area contributed by atoms with Gasteiger partial charge in [0, 0.05) is 20.8 Å². The van der Waals surface area contributed by atoms with Crippen LogP contribution in [0.2, 0.25) is 0 Å². The molecule has 1 aliphatic rings. The van der Waals surface area contributed by atoms with E-state index >= 15 is 0 Å². The van der Waals surface area contributed by atoms with Gasteiger partial charge in [0.1, 0.15) is 12.7 Å². The third-order valence-corrected chi connectivity index (χ3v) is 4.24. The Morgan fingerprint density at radius 1 is 0.862 bits per heavy atom. The van der Waals surface area contributed by atoms with Crippen LogP contribution in [0.5, 0.6) is 0 Å². The van der Waals surface area contributed by atoms with Crippen LogP contribution in [0.3, 0.4) is 0 Å². The summed E-state index contributed by atoms with van der Waals surface area (Å²) >= 11 is 6.23. The van der Waals surface area contributed by atoms with Crippen LogP contribution in [0.4, 0.5) is 0 Å². The quantitative estimate of drug-likeness (QED) is 0.378. The third-order valence-electron chi connectivity index (χ3n) is 3.88. The molecule has 0 radical (unpaired) electrons. The number of ether oxygens (including phenoxy) is 5. The third kappa shape index (κ3) is 6.43. The monoisotopic (exact) mass is 428 g/mol. The second kappa shape index (κ2) is 10.2. The summed E-state index contributed by atoms with van der Waals surface area (Å²) in [4.78, 5) is 46.9.